The molecule has 2 aromatic heterocycles. The molecule has 2 heterocycles. The Kier molecular flexibility index (Phi) is 2.51. The summed E-state index contributed by atoms with van der Waals surface area (Å²) in [5.41, 5.74) is 6.20. The van der Waals surface area contributed by atoms with Crippen LogP contribution in [0.25, 0.3) is 11.0 Å². The standard InChI is InChI=1S/C10H8ClN3O/c11-8-4-2-6-1-3-7(5-9(12)15)13-10(6)14-8/h1-4H,5H2,(H2,12,15). The van der Waals surface area contributed by atoms with Gasteiger partial charge < -0.3 is 5.73 Å². The largest absolute Gasteiger partial charge is 0.369 e. The van der Waals surface area contributed by atoms with E-state index in [2.05, 4.69) is 9.97 Å². The van der Waals surface area contributed by atoms with Gasteiger partial charge in [-0.15, -0.1) is 0 Å². The van der Waals surface area contributed by atoms with Crippen molar-refractivity contribution in [2.24, 2.45) is 5.73 Å². The summed E-state index contributed by atoms with van der Waals surface area (Å²) in [4.78, 5) is 18.9. The zero-order valence-corrected chi connectivity index (χ0v) is 8.53. The van der Waals surface area contributed by atoms with Gasteiger partial charge in [-0.2, -0.15) is 0 Å². The Bertz CT molecular complexity index is 527. The Hall–Kier alpha value is -1.68. The quantitative estimate of drug-likeness (QED) is 0.778. The molecule has 0 unspecified atom stereocenters. The number of hydrogen-bond donors (Lipinski definition) is 1. The van der Waals surface area contributed by atoms with Gasteiger partial charge in [0.15, 0.2) is 5.65 Å². The van der Waals surface area contributed by atoms with Gasteiger partial charge in [-0.1, -0.05) is 11.6 Å². The number of amides is 1. The molecule has 0 aliphatic carbocycles. The highest BCUT2D eigenvalue weighted by molar-refractivity contribution is 6.29. The number of carbonyl (C=O) groups is 1. The number of hydrogen-bond acceptors (Lipinski definition) is 3. The van der Waals surface area contributed by atoms with E-state index < -0.39 is 5.91 Å². The molecule has 5 heteroatoms. The fourth-order valence-electron chi connectivity index (χ4n) is 1.29. The van der Waals surface area contributed by atoms with Gasteiger partial charge in [0.1, 0.15) is 5.15 Å². The monoisotopic (exact) mass is 221 g/mol. The van der Waals surface area contributed by atoms with E-state index in [1.165, 1.54) is 0 Å². The van der Waals surface area contributed by atoms with E-state index in [1.54, 1.807) is 12.1 Å². The third-order valence-corrected chi connectivity index (χ3v) is 2.14. The van der Waals surface area contributed by atoms with Crippen LogP contribution in [-0.4, -0.2) is 15.9 Å². The van der Waals surface area contributed by atoms with Gasteiger partial charge in [-0.3, -0.25) is 4.79 Å². The molecule has 76 valence electrons. The Morgan fingerprint density at radius 2 is 2.00 bits per heavy atom. The molecule has 0 aliphatic rings. The molecule has 0 bridgehead atoms. The number of nitrogens with zero attached hydrogens (tertiary/aromatic N) is 2. The maximum atomic E-state index is 10.7. The first kappa shape index (κ1) is 9.86. The van der Waals surface area contributed by atoms with Crippen LogP contribution >= 0.6 is 11.6 Å². The summed E-state index contributed by atoms with van der Waals surface area (Å²) in [6, 6.07) is 7.11. The van der Waals surface area contributed by atoms with Crippen molar-refractivity contribution in [2.75, 3.05) is 0 Å². The van der Waals surface area contributed by atoms with E-state index in [0.717, 1.165) is 5.39 Å². The second-order valence-electron chi connectivity index (χ2n) is 3.13. The molecule has 0 saturated heterocycles. The maximum Gasteiger partial charge on any atom is 0.223 e. The number of carbonyl (C=O) groups excluding carboxylic acids is 1. The second-order valence-corrected chi connectivity index (χ2v) is 3.51. The number of halogens is 1. The Morgan fingerprint density at radius 3 is 2.73 bits per heavy atom. The van der Waals surface area contributed by atoms with Crippen LogP contribution in [-0.2, 0) is 11.2 Å². The third kappa shape index (κ3) is 2.22. The number of rotatable bonds is 2. The first-order chi connectivity index (χ1) is 7.15. The fraction of sp³-hybridized carbons (Fsp3) is 0.100. The summed E-state index contributed by atoms with van der Waals surface area (Å²) in [5.74, 6) is -0.413. The molecule has 0 atom stereocenters. The lowest BCUT2D eigenvalue weighted by atomic mass is 10.2. The molecule has 2 rings (SSSR count). The molecule has 2 N–H and O–H groups in total. The van der Waals surface area contributed by atoms with Gasteiger partial charge >= 0.3 is 0 Å². The van der Waals surface area contributed by atoms with Crippen molar-refractivity contribution in [3.8, 4) is 0 Å². The highest BCUT2D eigenvalue weighted by Gasteiger charge is 2.03. The van der Waals surface area contributed by atoms with Crippen molar-refractivity contribution in [3.63, 3.8) is 0 Å². The fourth-order valence-corrected chi connectivity index (χ4v) is 1.43. The van der Waals surface area contributed by atoms with Gasteiger partial charge in [0.25, 0.3) is 0 Å². The van der Waals surface area contributed by atoms with Gasteiger partial charge in [-0.05, 0) is 24.3 Å². The van der Waals surface area contributed by atoms with Crippen LogP contribution in [0.1, 0.15) is 5.69 Å². The van der Waals surface area contributed by atoms with Crippen LogP contribution in [0.3, 0.4) is 0 Å². The van der Waals surface area contributed by atoms with Gasteiger partial charge in [0, 0.05) is 5.39 Å². The smallest absolute Gasteiger partial charge is 0.223 e. The minimum absolute atomic E-state index is 0.115. The molecule has 0 radical (unpaired) electrons. The minimum atomic E-state index is -0.413. The van der Waals surface area contributed by atoms with E-state index in [0.29, 0.717) is 16.5 Å². The molecule has 15 heavy (non-hydrogen) atoms. The molecule has 1 amide bonds. The lowest BCUT2D eigenvalue weighted by Gasteiger charge is -2.00. The summed E-state index contributed by atoms with van der Waals surface area (Å²) < 4.78 is 0. The summed E-state index contributed by atoms with van der Waals surface area (Å²) in [6.45, 7) is 0. The third-order valence-electron chi connectivity index (χ3n) is 1.93. The molecule has 0 aliphatic heterocycles. The summed E-state index contributed by atoms with van der Waals surface area (Å²) in [7, 11) is 0. The topological polar surface area (TPSA) is 68.9 Å². The van der Waals surface area contributed by atoms with Crippen LogP contribution in [0.4, 0.5) is 0 Å². The van der Waals surface area contributed by atoms with Crippen molar-refractivity contribution in [1.29, 1.82) is 0 Å². The molecule has 0 aromatic carbocycles. The number of pyridine rings is 2. The maximum absolute atomic E-state index is 10.7. The van der Waals surface area contributed by atoms with Crippen molar-refractivity contribution in [2.45, 2.75) is 6.42 Å². The molecule has 4 nitrogen and oxygen atoms in total. The Balaban J connectivity index is 2.49. The lowest BCUT2D eigenvalue weighted by Crippen LogP contribution is -2.14. The van der Waals surface area contributed by atoms with Crippen LogP contribution in [0, 0.1) is 0 Å². The molecule has 2 aromatic rings. The second kappa shape index (κ2) is 3.82. The number of fused-ring (bicyclic) bond motifs is 1. The number of aromatic nitrogens is 2. The molecule has 0 spiro atoms. The van der Waals surface area contributed by atoms with Gasteiger partial charge in [0.2, 0.25) is 5.91 Å². The predicted molar refractivity (Wildman–Crippen MR) is 57.4 cm³/mol. The molecular formula is C10H8ClN3O. The van der Waals surface area contributed by atoms with Crippen molar-refractivity contribution in [3.05, 3.63) is 35.1 Å². The Morgan fingerprint density at radius 1 is 1.27 bits per heavy atom. The zero-order chi connectivity index (χ0) is 10.8. The van der Waals surface area contributed by atoms with Crippen molar-refractivity contribution < 1.29 is 4.79 Å². The Labute approximate surface area is 91.1 Å². The summed E-state index contributed by atoms with van der Waals surface area (Å²) >= 11 is 5.73. The van der Waals surface area contributed by atoms with Crippen LogP contribution in [0.5, 0.6) is 0 Å². The molecule has 0 fully saturated rings. The minimum Gasteiger partial charge on any atom is -0.369 e. The summed E-state index contributed by atoms with van der Waals surface area (Å²) in [5, 5.41) is 1.26. The predicted octanol–water partition coefficient (Wildman–Crippen LogP) is 1.31. The first-order valence-electron chi connectivity index (χ1n) is 4.35. The van der Waals surface area contributed by atoms with E-state index in [9.17, 15) is 4.79 Å². The molecular weight excluding hydrogens is 214 g/mol. The van der Waals surface area contributed by atoms with Crippen LogP contribution < -0.4 is 5.73 Å². The van der Waals surface area contributed by atoms with Crippen LogP contribution in [0.15, 0.2) is 24.3 Å². The van der Waals surface area contributed by atoms with Crippen molar-refractivity contribution in [1.82, 2.24) is 9.97 Å². The normalized spacial score (nSPS) is 10.5. The average molecular weight is 222 g/mol. The van der Waals surface area contributed by atoms with Crippen molar-refractivity contribution >= 4 is 28.5 Å². The number of primary amides is 1. The van der Waals surface area contributed by atoms with E-state index >= 15 is 0 Å². The summed E-state index contributed by atoms with van der Waals surface area (Å²) in [6.07, 6.45) is 0.115. The average Bonchev–Trinajstić information content (AvgIpc) is 2.16. The van der Waals surface area contributed by atoms with E-state index in [4.69, 9.17) is 17.3 Å². The van der Waals surface area contributed by atoms with Crippen LogP contribution in [0.2, 0.25) is 5.15 Å². The number of nitrogens with two attached hydrogens (primary N) is 1. The molecule has 0 saturated carbocycles. The highest BCUT2D eigenvalue weighted by Crippen LogP contribution is 2.14. The first-order valence-corrected chi connectivity index (χ1v) is 4.73. The SMILES string of the molecule is NC(=O)Cc1ccc2ccc(Cl)nc2n1. The van der Waals surface area contributed by atoms with E-state index in [1.807, 2.05) is 12.1 Å². The highest BCUT2D eigenvalue weighted by atomic mass is 35.5. The van der Waals surface area contributed by atoms with Gasteiger partial charge in [0.05, 0.1) is 12.1 Å². The zero-order valence-electron chi connectivity index (χ0n) is 7.77. The van der Waals surface area contributed by atoms with E-state index in [-0.39, 0.29) is 6.42 Å². The lowest BCUT2D eigenvalue weighted by molar-refractivity contribution is -0.117. The van der Waals surface area contributed by atoms with Gasteiger partial charge in [-0.25, -0.2) is 9.97 Å².